The number of rotatable bonds is 5. The molecule has 32 heavy (non-hydrogen) atoms. The Hall–Kier alpha value is -2.89. The molecule has 1 unspecified atom stereocenters. The summed E-state index contributed by atoms with van der Waals surface area (Å²) < 4.78 is 64.9. The zero-order valence-electron chi connectivity index (χ0n) is 16.0. The molecule has 3 heterocycles. The minimum absolute atomic E-state index is 0.0479. The number of alkyl halides is 3. The van der Waals surface area contributed by atoms with Crippen molar-refractivity contribution in [1.82, 2.24) is 19.5 Å². The lowest BCUT2D eigenvalue weighted by atomic mass is 10.2. The summed E-state index contributed by atoms with van der Waals surface area (Å²) in [7, 11) is 0. The van der Waals surface area contributed by atoms with Crippen LogP contribution in [0.4, 0.5) is 17.6 Å². The van der Waals surface area contributed by atoms with Gasteiger partial charge in [0.25, 0.3) is 5.89 Å². The van der Waals surface area contributed by atoms with Gasteiger partial charge in [-0.25, -0.2) is 9.37 Å². The predicted octanol–water partition coefficient (Wildman–Crippen LogP) is 5.28. The van der Waals surface area contributed by atoms with Crippen LogP contribution in [0.3, 0.4) is 0 Å². The molecule has 0 fully saturated rings. The molecular weight excluding hydrogens is 479 g/mol. The van der Waals surface area contributed by atoms with Gasteiger partial charge in [-0.2, -0.15) is 18.2 Å². The first-order valence-electron chi connectivity index (χ1n) is 8.93. The van der Waals surface area contributed by atoms with Crippen LogP contribution in [0.1, 0.15) is 12.5 Å². The van der Waals surface area contributed by atoms with Gasteiger partial charge in [0.2, 0.25) is 5.82 Å². The molecule has 7 nitrogen and oxygen atoms in total. The third kappa shape index (κ3) is 4.23. The molecule has 0 saturated heterocycles. The van der Waals surface area contributed by atoms with Crippen molar-refractivity contribution >= 4 is 28.8 Å². The fraction of sp³-hybridized carbons (Fsp3) is 0.211. The van der Waals surface area contributed by atoms with E-state index in [1.165, 1.54) is 12.3 Å². The highest BCUT2D eigenvalue weighted by atomic mass is 35.5. The van der Waals surface area contributed by atoms with Crippen LogP contribution in [0.15, 0.2) is 35.1 Å². The monoisotopic (exact) mass is 490 g/mol. The van der Waals surface area contributed by atoms with Crippen molar-refractivity contribution < 1.29 is 31.9 Å². The number of benzene rings is 1. The van der Waals surface area contributed by atoms with E-state index in [1.54, 1.807) is 6.92 Å². The minimum atomic E-state index is -4.59. The summed E-state index contributed by atoms with van der Waals surface area (Å²) in [5, 5.41) is 12.6. The third-order valence-electron chi connectivity index (χ3n) is 4.33. The van der Waals surface area contributed by atoms with Crippen molar-refractivity contribution in [3.8, 4) is 28.7 Å². The van der Waals surface area contributed by atoms with Crippen molar-refractivity contribution in [2.24, 2.45) is 0 Å². The number of aromatic nitrogens is 4. The van der Waals surface area contributed by atoms with Crippen LogP contribution in [-0.4, -0.2) is 37.3 Å². The molecule has 4 aromatic rings. The molecule has 168 valence electrons. The Morgan fingerprint density at radius 3 is 2.59 bits per heavy atom. The smallest absolute Gasteiger partial charge is 0.417 e. The standard InChI is InChI=1S/C19H12Cl2F4N4O3/c1-8(7-30)31-15-4-11(20)10(3-13(15)22)16-27-18(32-28-16)14-6-29-5-9(19(23,24)25)2-12(21)17(29)26-14/h2-6,8,30H,7H2,1H3. The number of aliphatic hydroxyl groups is 1. The summed E-state index contributed by atoms with van der Waals surface area (Å²) in [6, 6.07) is 3.00. The highest BCUT2D eigenvalue weighted by Gasteiger charge is 2.32. The number of aliphatic hydroxyl groups excluding tert-OH is 1. The van der Waals surface area contributed by atoms with E-state index in [9.17, 15) is 17.6 Å². The lowest BCUT2D eigenvalue weighted by Crippen LogP contribution is -2.16. The van der Waals surface area contributed by atoms with Crippen LogP contribution >= 0.6 is 23.2 Å². The highest BCUT2D eigenvalue weighted by molar-refractivity contribution is 6.33. The number of hydrogen-bond donors (Lipinski definition) is 1. The molecule has 0 aliphatic rings. The summed E-state index contributed by atoms with van der Waals surface area (Å²) in [4.78, 5) is 8.23. The average molecular weight is 491 g/mol. The minimum Gasteiger partial charge on any atom is -0.485 e. The number of pyridine rings is 1. The maximum atomic E-state index is 14.4. The molecule has 0 saturated carbocycles. The van der Waals surface area contributed by atoms with E-state index in [1.807, 2.05) is 0 Å². The van der Waals surface area contributed by atoms with E-state index in [0.717, 1.165) is 22.7 Å². The molecule has 0 amide bonds. The molecule has 0 aliphatic heterocycles. The highest BCUT2D eigenvalue weighted by Crippen LogP contribution is 2.35. The molecule has 0 spiro atoms. The largest absolute Gasteiger partial charge is 0.485 e. The zero-order valence-corrected chi connectivity index (χ0v) is 17.5. The van der Waals surface area contributed by atoms with Crippen LogP contribution in [0, 0.1) is 5.82 Å². The van der Waals surface area contributed by atoms with Crippen molar-refractivity contribution in [2.75, 3.05) is 6.61 Å². The second-order valence-corrected chi connectivity index (χ2v) is 7.54. The quantitative estimate of drug-likeness (QED) is 0.383. The molecule has 1 atom stereocenters. The van der Waals surface area contributed by atoms with Gasteiger partial charge in [0, 0.05) is 24.0 Å². The Balaban J connectivity index is 1.69. The van der Waals surface area contributed by atoms with Gasteiger partial charge in [0.1, 0.15) is 11.8 Å². The first-order valence-corrected chi connectivity index (χ1v) is 9.69. The van der Waals surface area contributed by atoms with E-state index < -0.39 is 23.7 Å². The van der Waals surface area contributed by atoms with Gasteiger partial charge >= 0.3 is 6.18 Å². The van der Waals surface area contributed by atoms with E-state index in [-0.39, 0.29) is 51.0 Å². The fourth-order valence-electron chi connectivity index (χ4n) is 2.80. The van der Waals surface area contributed by atoms with Crippen molar-refractivity contribution in [3.63, 3.8) is 0 Å². The third-order valence-corrected chi connectivity index (χ3v) is 4.92. The number of ether oxygens (including phenoxy) is 1. The summed E-state index contributed by atoms with van der Waals surface area (Å²) in [6.45, 7) is 1.23. The second-order valence-electron chi connectivity index (χ2n) is 6.73. The van der Waals surface area contributed by atoms with Gasteiger partial charge in [-0.1, -0.05) is 28.4 Å². The molecule has 1 aromatic carbocycles. The van der Waals surface area contributed by atoms with Gasteiger partial charge in [-0.15, -0.1) is 0 Å². The second kappa shape index (κ2) is 8.23. The van der Waals surface area contributed by atoms with Gasteiger partial charge < -0.3 is 18.8 Å². The Morgan fingerprint density at radius 2 is 1.91 bits per heavy atom. The Kier molecular flexibility index (Phi) is 5.74. The average Bonchev–Trinajstić information content (AvgIpc) is 3.37. The number of nitrogens with zero attached hydrogens (tertiary/aromatic N) is 4. The van der Waals surface area contributed by atoms with E-state index in [2.05, 4.69) is 15.1 Å². The van der Waals surface area contributed by atoms with Crippen LogP contribution < -0.4 is 4.74 Å². The lowest BCUT2D eigenvalue weighted by molar-refractivity contribution is -0.137. The SMILES string of the molecule is CC(CO)Oc1cc(Cl)c(-c2noc(-c3cn4cc(C(F)(F)F)cc(Cl)c4n3)n2)cc1F. The van der Waals surface area contributed by atoms with Crippen LogP contribution in [0.25, 0.3) is 28.6 Å². The molecule has 1 N–H and O–H groups in total. The normalized spacial score (nSPS) is 13.0. The summed E-state index contributed by atoms with van der Waals surface area (Å²) in [6.07, 6.45) is -3.18. The molecule has 0 bridgehead atoms. The van der Waals surface area contributed by atoms with E-state index in [0.29, 0.717) is 0 Å². The van der Waals surface area contributed by atoms with Crippen LogP contribution in [0.2, 0.25) is 10.0 Å². The first-order chi connectivity index (χ1) is 15.1. The van der Waals surface area contributed by atoms with Crippen molar-refractivity contribution in [3.05, 3.63) is 52.0 Å². The van der Waals surface area contributed by atoms with E-state index in [4.69, 9.17) is 37.6 Å². The summed E-state index contributed by atoms with van der Waals surface area (Å²) >= 11 is 12.1. The Labute approximate surface area is 187 Å². The van der Waals surface area contributed by atoms with Gasteiger partial charge in [-0.3, -0.25) is 0 Å². The van der Waals surface area contributed by atoms with Gasteiger partial charge in [-0.05, 0) is 19.1 Å². The molecule has 0 radical (unpaired) electrons. The molecule has 0 aliphatic carbocycles. The summed E-state index contributed by atoms with van der Waals surface area (Å²) in [5.74, 6) is -1.15. The number of halogens is 6. The fourth-order valence-corrected chi connectivity index (χ4v) is 3.29. The molecular formula is C19H12Cl2F4N4O3. The van der Waals surface area contributed by atoms with Crippen molar-refractivity contribution in [1.29, 1.82) is 0 Å². The maximum Gasteiger partial charge on any atom is 0.417 e. The van der Waals surface area contributed by atoms with Crippen molar-refractivity contribution in [2.45, 2.75) is 19.2 Å². The molecule has 13 heteroatoms. The first kappa shape index (κ1) is 22.3. The topological polar surface area (TPSA) is 85.7 Å². The summed E-state index contributed by atoms with van der Waals surface area (Å²) in [5.41, 5.74) is -0.758. The van der Waals surface area contributed by atoms with E-state index >= 15 is 0 Å². The van der Waals surface area contributed by atoms with Crippen LogP contribution in [-0.2, 0) is 6.18 Å². The molecule has 3 aromatic heterocycles. The number of hydrogen-bond acceptors (Lipinski definition) is 6. The lowest BCUT2D eigenvalue weighted by Gasteiger charge is -2.13. The van der Waals surface area contributed by atoms with Gasteiger partial charge in [0.15, 0.2) is 17.2 Å². The van der Waals surface area contributed by atoms with Crippen LogP contribution in [0.5, 0.6) is 5.75 Å². The predicted molar refractivity (Wildman–Crippen MR) is 106 cm³/mol. The Bertz CT molecular complexity index is 1310. The maximum absolute atomic E-state index is 14.4. The van der Waals surface area contributed by atoms with Gasteiger partial charge in [0.05, 0.1) is 22.2 Å². The number of imidazole rings is 1. The molecule has 4 rings (SSSR count). The zero-order chi connectivity index (χ0) is 23.2. The Morgan fingerprint density at radius 1 is 1.16 bits per heavy atom. The number of fused-ring (bicyclic) bond motifs is 1.